The molecule has 158 valence electrons. The summed E-state index contributed by atoms with van der Waals surface area (Å²) in [4.78, 5) is 20.2. The summed E-state index contributed by atoms with van der Waals surface area (Å²) >= 11 is 0. The van der Waals surface area contributed by atoms with Gasteiger partial charge in [-0.05, 0) is 60.7 Å². The number of carbonyl (C=O) groups is 1. The van der Waals surface area contributed by atoms with Gasteiger partial charge >= 0.3 is 0 Å². The Morgan fingerprint density at radius 2 is 1.69 bits per heavy atom. The van der Waals surface area contributed by atoms with Crippen LogP contribution >= 0.6 is 0 Å². The molecule has 0 bridgehead atoms. The molecule has 0 unspecified atom stereocenters. The van der Waals surface area contributed by atoms with Crippen LogP contribution in [0.25, 0.3) is 10.9 Å². The molecule has 5 rings (SSSR count). The first-order chi connectivity index (χ1) is 15.7. The first-order valence-corrected chi connectivity index (χ1v) is 10.3. The Hall–Kier alpha value is -4.32. The van der Waals surface area contributed by atoms with E-state index in [1.165, 1.54) is 0 Å². The molecule has 0 saturated heterocycles. The molecule has 0 spiro atoms. The van der Waals surface area contributed by atoms with Gasteiger partial charge in [0, 0.05) is 28.9 Å². The lowest BCUT2D eigenvalue weighted by Gasteiger charge is -2.06. The van der Waals surface area contributed by atoms with Crippen molar-refractivity contribution < 1.29 is 14.3 Å². The van der Waals surface area contributed by atoms with Gasteiger partial charge in [0.2, 0.25) is 5.78 Å². The minimum atomic E-state index is -0.0740. The molecule has 6 nitrogen and oxygen atoms in total. The van der Waals surface area contributed by atoms with Crippen LogP contribution in [0.3, 0.4) is 0 Å². The largest absolute Gasteiger partial charge is 0.492 e. The van der Waals surface area contributed by atoms with Crippen molar-refractivity contribution in [1.29, 1.82) is 0 Å². The Morgan fingerprint density at radius 1 is 0.906 bits per heavy atom. The molecule has 3 aromatic carbocycles. The van der Waals surface area contributed by atoms with Crippen LogP contribution in [0.5, 0.6) is 17.2 Å². The highest BCUT2D eigenvalue weighted by atomic mass is 16.5. The number of aromatic nitrogens is 3. The fourth-order valence-electron chi connectivity index (χ4n) is 3.47. The number of para-hydroxylation sites is 1. The summed E-state index contributed by atoms with van der Waals surface area (Å²) in [5.41, 5.74) is 2.01. The molecule has 0 aliphatic heterocycles. The minimum Gasteiger partial charge on any atom is -0.492 e. The van der Waals surface area contributed by atoms with Crippen LogP contribution in [0.4, 0.5) is 0 Å². The maximum atomic E-state index is 13.0. The number of nitrogens with one attached hydrogen (secondary N) is 1. The van der Waals surface area contributed by atoms with E-state index < -0.39 is 0 Å². The number of hydrogen-bond acceptors (Lipinski definition) is 4. The fourth-order valence-corrected chi connectivity index (χ4v) is 3.47. The van der Waals surface area contributed by atoms with Crippen molar-refractivity contribution in [1.82, 2.24) is 14.5 Å². The number of carbonyl (C=O) groups excluding carboxylic acids is 1. The standard InChI is InChI=1S/C26H21N3O3/c30-26(19-6-8-22(9-7-19)32-21-4-2-1-3-5-21)25-17-20-16-23(10-11-24(20)28-25)31-15-14-29-13-12-27-18-29/h1-13,16-18,28H,14-15H2. The van der Waals surface area contributed by atoms with Crippen molar-refractivity contribution in [2.75, 3.05) is 6.61 Å². The summed E-state index contributed by atoms with van der Waals surface area (Å²) in [6, 6.07) is 24.3. The van der Waals surface area contributed by atoms with Crippen LogP contribution in [0.15, 0.2) is 97.6 Å². The van der Waals surface area contributed by atoms with Gasteiger partial charge in [-0.2, -0.15) is 0 Å². The molecular formula is C26H21N3O3. The molecule has 0 atom stereocenters. The average Bonchev–Trinajstić information content (AvgIpc) is 3.49. The van der Waals surface area contributed by atoms with Crippen molar-refractivity contribution in [3.8, 4) is 17.2 Å². The van der Waals surface area contributed by atoms with E-state index in [9.17, 15) is 4.79 Å². The first-order valence-electron chi connectivity index (χ1n) is 10.3. The number of rotatable bonds is 8. The third kappa shape index (κ3) is 4.39. The Morgan fingerprint density at radius 3 is 2.47 bits per heavy atom. The molecule has 0 aliphatic carbocycles. The summed E-state index contributed by atoms with van der Waals surface area (Å²) in [6.07, 6.45) is 5.40. The predicted octanol–water partition coefficient (Wildman–Crippen LogP) is 5.47. The second-order valence-electron chi connectivity index (χ2n) is 7.35. The molecule has 2 aromatic heterocycles. The molecular weight excluding hydrogens is 402 g/mol. The van der Waals surface area contributed by atoms with E-state index >= 15 is 0 Å². The molecule has 6 heteroatoms. The Bertz CT molecular complexity index is 1320. The van der Waals surface area contributed by atoms with Crippen molar-refractivity contribution in [2.24, 2.45) is 0 Å². The van der Waals surface area contributed by atoms with Gasteiger partial charge in [-0.15, -0.1) is 0 Å². The molecule has 5 aromatic rings. The zero-order valence-electron chi connectivity index (χ0n) is 17.3. The smallest absolute Gasteiger partial charge is 0.209 e. The third-order valence-corrected chi connectivity index (χ3v) is 5.11. The lowest BCUT2D eigenvalue weighted by molar-refractivity contribution is 0.103. The van der Waals surface area contributed by atoms with Crippen LogP contribution in [0.2, 0.25) is 0 Å². The van der Waals surface area contributed by atoms with Crippen molar-refractivity contribution >= 4 is 16.7 Å². The van der Waals surface area contributed by atoms with Gasteiger partial charge in [-0.3, -0.25) is 4.79 Å². The number of aromatic amines is 1. The Balaban J connectivity index is 1.27. The molecule has 0 saturated carbocycles. The van der Waals surface area contributed by atoms with Gasteiger partial charge in [-0.1, -0.05) is 18.2 Å². The van der Waals surface area contributed by atoms with Gasteiger partial charge < -0.3 is 19.0 Å². The van der Waals surface area contributed by atoms with Gasteiger partial charge in [0.1, 0.15) is 23.9 Å². The number of ether oxygens (including phenoxy) is 2. The highest BCUT2D eigenvalue weighted by Crippen LogP contribution is 2.25. The maximum Gasteiger partial charge on any atom is 0.209 e. The van der Waals surface area contributed by atoms with E-state index in [1.54, 1.807) is 36.8 Å². The SMILES string of the molecule is O=C(c1ccc(Oc2ccccc2)cc1)c1cc2cc(OCCn3ccnc3)ccc2[nH]1. The van der Waals surface area contributed by atoms with E-state index in [0.29, 0.717) is 23.6 Å². The second kappa shape index (κ2) is 8.81. The van der Waals surface area contributed by atoms with Gasteiger partial charge in [0.15, 0.2) is 0 Å². The van der Waals surface area contributed by atoms with Gasteiger partial charge in [0.25, 0.3) is 0 Å². The van der Waals surface area contributed by atoms with E-state index in [2.05, 4.69) is 9.97 Å². The van der Waals surface area contributed by atoms with Crippen molar-refractivity contribution in [3.63, 3.8) is 0 Å². The van der Waals surface area contributed by atoms with E-state index in [0.717, 1.165) is 28.9 Å². The van der Waals surface area contributed by atoms with Gasteiger partial charge in [0.05, 0.1) is 18.6 Å². The highest BCUT2D eigenvalue weighted by molar-refractivity contribution is 6.10. The normalized spacial score (nSPS) is 10.9. The molecule has 0 aliphatic rings. The summed E-state index contributed by atoms with van der Waals surface area (Å²) in [7, 11) is 0. The van der Waals surface area contributed by atoms with Crippen LogP contribution in [-0.4, -0.2) is 26.9 Å². The number of H-pyrrole nitrogens is 1. The lowest BCUT2D eigenvalue weighted by Crippen LogP contribution is -2.06. The monoisotopic (exact) mass is 423 g/mol. The zero-order chi connectivity index (χ0) is 21.8. The predicted molar refractivity (Wildman–Crippen MR) is 122 cm³/mol. The average molecular weight is 423 g/mol. The lowest BCUT2D eigenvalue weighted by atomic mass is 10.1. The van der Waals surface area contributed by atoms with E-state index in [1.807, 2.05) is 65.4 Å². The summed E-state index contributed by atoms with van der Waals surface area (Å²) < 4.78 is 13.6. The van der Waals surface area contributed by atoms with E-state index in [-0.39, 0.29) is 5.78 Å². The first kappa shape index (κ1) is 19.6. The van der Waals surface area contributed by atoms with Crippen LogP contribution < -0.4 is 9.47 Å². The zero-order valence-corrected chi connectivity index (χ0v) is 17.3. The van der Waals surface area contributed by atoms with Crippen LogP contribution in [0, 0.1) is 0 Å². The second-order valence-corrected chi connectivity index (χ2v) is 7.35. The quantitative estimate of drug-likeness (QED) is 0.336. The number of benzene rings is 3. The van der Waals surface area contributed by atoms with Crippen molar-refractivity contribution in [3.05, 3.63) is 109 Å². The van der Waals surface area contributed by atoms with Gasteiger partial charge in [-0.25, -0.2) is 4.98 Å². The maximum absolute atomic E-state index is 13.0. The molecule has 0 amide bonds. The number of nitrogens with zero attached hydrogens (tertiary/aromatic N) is 2. The Labute approximate surface area is 185 Å². The number of ketones is 1. The summed E-state index contributed by atoms with van der Waals surface area (Å²) in [5.74, 6) is 2.13. The topological polar surface area (TPSA) is 69.1 Å². The molecule has 2 heterocycles. The van der Waals surface area contributed by atoms with Crippen LogP contribution in [-0.2, 0) is 6.54 Å². The minimum absolute atomic E-state index is 0.0740. The summed E-state index contributed by atoms with van der Waals surface area (Å²) in [5, 5.41) is 0.928. The third-order valence-electron chi connectivity index (χ3n) is 5.11. The molecule has 32 heavy (non-hydrogen) atoms. The number of hydrogen-bond donors (Lipinski definition) is 1. The fraction of sp³-hybridized carbons (Fsp3) is 0.0769. The highest BCUT2D eigenvalue weighted by Gasteiger charge is 2.13. The molecule has 0 fully saturated rings. The molecule has 0 radical (unpaired) electrons. The number of fused-ring (bicyclic) bond motifs is 1. The van der Waals surface area contributed by atoms with E-state index in [4.69, 9.17) is 9.47 Å². The Kier molecular flexibility index (Phi) is 5.41. The van der Waals surface area contributed by atoms with Crippen LogP contribution in [0.1, 0.15) is 16.1 Å². The molecule has 1 N–H and O–H groups in total. The van der Waals surface area contributed by atoms with Crippen molar-refractivity contribution in [2.45, 2.75) is 6.54 Å². The number of imidazole rings is 1. The summed E-state index contributed by atoms with van der Waals surface area (Å²) in [6.45, 7) is 1.26.